The third-order valence-electron chi connectivity index (χ3n) is 6.28. The summed E-state index contributed by atoms with van der Waals surface area (Å²) in [5, 5.41) is 0. The van der Waals surface area contributed by atoms with Gasteiger partial charge in [0.1, 0.15) is 0 Å². The first-order chi connectivity index (χ1) is 9.47. The Morgan fingerprint density at radius 2 is 1.75 bits per heavy atom. The van der Waals surface area contributed by atoms with Gasteiger partial charge >= 0.3 is 0 Å². The lowest BCUT2D eigenvalue weighted by molar-refractivity contribution is 0.0156. The van der Waals surface area contributed by atoms with Crippen LogP contribution in [0.25, 0.3) is 0 Å². The van der Waals surface area contributed by atoms with Gasteiger partial charge in [-0.15, -0.1) is 0 Å². The van der Waals surface area contributed by atoms with E-state index in [0.717, 1.165) is 24.4 Å². The summed E-state index contributed by atoms with van der Waals surface area (Å²) in [6.07, 6.45) is 5.38. The van der Waals surface area contributed by atoms with Gasteiger partial charge in [-0.2, -0.15) is 0 Å². The molecule has 0 bridgehead atoms. The quantitative estimate of drug-likeness (QED) is 0.859. The first-order valence-corrected chi connectivity index (χ1v) is 8.60. The monoisotopic (exact) mass is 281 g/mol. The first kappa shape index (κ1) is 16.3. The first-order valence-electron chi connectivity index (χ1n) is 8.60. The van der Waals surface area contributed by atoms with Crippen molar-refractivity contribution in [3.8, 4) is 0 Å². The molecule has 0 aromatic heterocycles. The van der Waals surface area contributed by atoms with Gasteiger partial charge in [0.15, 0.2) is 0 Å². The fourth-order valence-corrected chi connectivity index (χ4v) is 4.08. The lowest BCUT2D eigenvalue weighted by atomic mass is 9.65. The second-order valence-electron chi connectivity index (χ2n) is 7.75. The van der Waals surface area contributed by atoms with E-state index in [1.54, 1.807) is 0 Å². The maximum Gasteiger partial charge on any atom is 0.0139 e. The van der Waals surface area contributed by atoms with Gasteiger partial charge < -0.3 is 10.6 Å². The highest BCUT2D eigenvalue weighted by atomic mass is 15.3. The summed E-state index contributed by atoms with van der Waals surface area (Å²) in [6.45, 7) is 13.0. The number of nitrogens with zero attached hydrogens (tertiary/aromatic N) is 2. The molecule has 3 nitrogen and oxygen atoms in total. The van der Waals surface area contributed by atoms with E-state index in [2.05, 4.69) is 37.6 Å². The molecule has 20 heavy (non-hydrogen) atoms. The summed E-state index contributed by atoms with van der Waals surface area (Å²) in [6, 6.07) is 0.735. The molecule has 0 spiro atoms. The van der Waals surface area contributed by atoms with Crippen LogP contribution in [0, 0.1) is 17.3 Å². The third kappa shape index (κ3) is 3.55. The fourth-order valence-electron chi connectivity index (χ4n) is 4.08. The van der Waals surface area contributed by atoms with E-state index in [-0.39, 0.29) is 0 Å². The smallest absolute Gasteiger partial charge is 0.0139 e. The minimum Gasteiger partial charge on any atom is -0.330 e. The highest BCUT2D eigenvalue weighted by molar-refractivity contribution is 4.93. The molecule has 1 aliphatic carbocycles. The molecule has 118 valence electrons. The number of nitrogens with two attached hydrogens (primary N) is 1. The lowest BCUT2D eigenvalue weighted by Crippen LogP contribution is -2.55. The number of hydrogen-bond acceptors (Lipinski definition) is 3. The molecule has 0 radical (unpaired) electrons. The summed E-state index contributed by atoms with van der Waals surface area (Å²) in [5.41, 5.74) is 6.57. The summed E-state index contributed by atoms with van der Waals surface area (Å²) in [7, 11) is 2.24. The second-order valence-corrected chi connectivity index (χ2v) is 7.75. The molecular weight excluding hydrogens is 246 g/mol. The molecule has 2 rings (SSSR count). The van der Waals surface area contributed by atoms with Gasteiger partial charge in [-0.1, -0.05) is 27.2 Å². The van der Waals surface area contributed by atoms with Crippen molar-refractivity contribution in [3.05, 3.63) is 0 Å². The number of likely N-dealkylation sites (N-methyl/N-ethyl adjacent to an activating group) is 1. The van der Waals surface area contributed by atoms with Crippen LogP contribution in [0.4, 0.5) is 0 Å². The molecule has 1 heterocycles. The predicted molar refractivity (Wildman–Crippen MR) is 86.8 cm³/mol. The highest BCUT2D eigenvalue weighted by Crippen LogP contribution is 2.43. The molecule has 0 aromatic rings. The van der Waals surface area contributed by atoms with Gasteiger partial charge in [-0.3, -0.25) is 4.90 Å². The third-order valence-corrected chi connectivity index (χ3v) is 6.28. The van der Waals surface area contributed by atoms with Crippen molar-refractivity contribution in [1.29, 1.82) is 0 Å². The Hall–Kier alpha value is -0.120. The van der Waals surface area contributed by atoms with E-state index in [1.807, 2.05) is 0 Å². The molecule has 3 unspecified atom stereocenters. The molecule has 1 saturated heterocycles. The van der Waals surface area contributed by atoms with Crippen molar-refractivity contribution in [3.63, 3.8) is 0 Å². The van der Waals surface area contributed by atoms with Crippen molar-refractivity contribution >= 4 is 0 Å². The van der Waals surface area contributed by atoms with Crippen LogP contribution in [-0.4, -0.2) is 55.6 Å². The van der Waals surface area contributed by atoms with Crippen molar-refractivity contribution in [1.82, 2.24) is 9.80 Å². The summed E-state index contributed by atoms with van der Waals surface area (Å²) >= 11 is 0. The largest absolute Gasteiger partial charge is 0.330 e. The van der Waals surface area contributed by atoms with Crippen LogP contribution in [0.15, 0.2) is 0 Å². The zero-order chi connectivity index (χ0) is 14.8. The topological polar surface area (TPSA) is 32.5 Å². The molecular formula is C17H35N3. The fraction of sp³-hybridized carbons (Fsp3) is 1.00. The van der Waals surface area contributed by atoms with Gasteiger partial charge in [-0.25, -0.2) is 0 Å². The van der Waals surface area contributed by atoms with Crippen LogP contribution in [0.2, 0.25) is 0 Å². The zero-order valence-corrected chi connectivity index (χ0v) is 14.1. The minimum atomic E-state index is 0.490. The van der Waals surface area contributed by atoms with Crippen molar-refractivity contribution < 1.29 is 0 Å². The minimum absolute atomic E-state index is 0.490. The number of hydrogen-bond donors (Lipinski definition) is 1. The number of piperazine rings is 1. The Bertz CT molecular complexity index is 295. The molecule has 2 N–H and O–H groups in total. The molecule has 0 aromatic carbocycles. The zero-order valence-electron chi connectivity index (χ0n) is 14.1. The Labute approximate surface area is 125 Å². The van der Waals surface area contributed by atoms with E-state index in [0.29, 0.717) is 5.41 Å². The lowest BCUT2D eigenvalue weighted by Gasteiger charge is -2.48. The maximum atomic E-state index is 6.08. The molecule has 2 aliphatic rings. The molecule has 2 fully saturated rings. The van der Waals surface area contributed by atoms with E-state index in [4.69, 9.17) is 5.73 Å². The van der Waals surface area contributed by atoms with E-state index in [9.17, 15) is 0 Å². The van der Waals surface area contributed by atoms with Crippen molar-refractivity contribution in [2.24, 2.45) is 23.0 Å². The Morgan fingerprint density at radius 1 is 1.10 bits per heavy atom. The Kier molecular flexibility index (Phi) is 5.49. The van der Waals surface area contributed by atoms with Crippen LogP contribution in [0.5, 0.6) is 0 Å². The molecule has 1 aliphatic heterocycles. The van der Waals surface area contributed by atoms with Crippen molar-refractivity contribution in [2.45, 2.75) is 52.5 Å². The van der Waals surface area contributed by atoms with Crippen LogP contribution < -0.4 is 5.73 Å². The summed E-state index contributed by atoms with van der Waals surface area (Å²) < 4.78 is 0. The average Bonchev–Trinajstić information content (AvgIpc) is 2.47. The normalized spacial score (nSPS) is 34.4. The van der Waals surface area contributed by atoms with Gasteiger partial charge in [0.25, 0.3) is 0 Å². The van der Waals surface area contributed by atoms with E-state index >= 15 is 0 Å². The standard InChI is InChI=1S/C17H35N3/c1-5-17(2,3)15-7-6-14(13-18)16(12-15)20-10-8-19(4)9-11-20/h14-16H,5-13,18H2,1-4H3. The highest BCUT2D eigenvalue weighted by Gasteiger charge is 2.39. The Morgan fingerprint density at radius 3 is 2.30 bits per heavy atom. The van der Waals surface area contributed by atoms with E-state index < -0.39 is 0 Å². The predicted octanol–water partition coefficient (Wildman–Crippen LogP) is 2.41. The summed E-state index contributed by atoms with van der Waals surface area (Å²) in [4.78, 5) is 5.19. The van der Waals surface area contributed by atoms with Gasteiger partial charge in [0, 0.05) is 32.2 Å². The van der Waals surface area contributed by atoms with E-state index in [1.165, 1.54) is 51.9 Å². The maximum absolute atomic E-state index is 6.08. The van der Waals surface area contributed by atoms with Gasteiger partial charge in [0.2, 0.25) is 0 Å². The molecule has 3 heteroatoms. The van der Waals surface area contributed by atoms with Crippen LogP contribution in [0.1, 0.15) is 46.5 Å². The van der Waals surface area contributed by atoms with Crippen LogP contribution in [0.3, 0.4) is 0 Å². The van der Waals surface area contributed by atoms with Gasteiger partial charge in [-0.05, 0) is 50.1 Å². The summed E-state index contributed by atoms with van der Waals surface area (Å²) in [5.74, 6) is 1.60. The van der Waals surface area contributed by atoms with Crippen LogP contribution in [-0.2, 0) is 0 Å². The Balaban J connectivity index is 2.03. The van der Waals surface area contributed by atoms with Gasteiger partial charge in [0.05, 0.1) is 0 Å². The average molecular weight is 281 g/mol. The van der Waals surface area contributed by atoms with Crippen molar-refractivity contribution in [2.75, 3.05) is 39.8 Å². The molecule has 3 atom stereocenters. The SMILES string of the molecule is CCC(C)(C)C1CCC(CN)C(N2CCN(C)CC2)C1. The second kappa shape index (κ2) is 6.76. The molecule has 0 amide bonds. The van der Waals surface area contributed by atoms with Crippen LogP contribution >= 0.6 is 0 Å². The molecule has 1 saturated carbocycles. The number of rotatable bonds is 4.